The molecule has 8 heteroatoms. The van der Waals surface area contributed by atoms with E-state index in [0.29, 0.717) is 5.92 Å². The number of aliphatic carboxylic acids is 2. The molecule has 1 aromatic heterocycles. The molecule has 2 aromatic rings. The van der Waals surface area contributed by atoms with E-state index >= 15 is 0 Å². The minimum atomic E-state index is -1.82. The summed E-state index contributed by atoms with van der Waals surface area (Å²) < 4.78 is 7.40. The van der Waals surface area contributed by atoms with E-state index in [1.807, 2.05) is 6.20 Å². The second-order valence-corrected chi connectivity index (χ2v) is 8.41. The zero-order valence-electron chi connectivity index (χ0n) is 18.1. The van der Waals surface area contributed by atoms with E-state index in [1.54, 1.807) is 12.7 Å². The van der Waals surface area contributed by atoms with Crippen molar-refractivity contribution in [1.82, 2.24) is 14.7 Å². The summed E-state index contributed by atoms with van der Waals surface area (Å²) in [6.45, 7) is 5.31. The molecule has 0 amide bonds. The van der Waals surface area contributed by atoms with E-state index in [1.165, 1.54) is 43.1 Å². The summed E-state index contributed by atoms with van der Waals surface area (Å²) >= 11 is 0. The van der Waals surface area contributed by atoms with Crippen molar-refractivity contribution in [3.05, 3.63) is 42.1 Å². The number of ether oxygens (including phenoxy) is 1. The number of hydrogen-bond acceptors (Lipinski definition) is 5. The number of carbonyl (C=O) groups is 2. The zero-order valence-corrected chi connectivity index (χ0v) is 18.1. The van der Waals surface area contributed by atoms with Crippen molar-refractivity contribution in [2.45, 2.75) is 51.2 Å². The maximum Gasteiger partial charge on any atom is 0.414 e. The molecule has 0 aliphatic carbocycles. The van der Waals surface area contributed by atoms with Gasteiger partial charge in [-0.05, 0) is 37.7 Å². The molecule has 4 rings (SSSR count). The van der Waals surface area contributed by atoms with E-state index < -0.39 is 11.9 Å². The molecule has 2 aliphatic heterocycles. The Morgan fingerprint density at radius 3 is 2.42 bits per heavy atom. The number of fused-ring (bicyclic) bond motifs is 3. The van der Waals surface area contributed by atoms with Crippen molar-refractivity contribution in [2.75, 3.05) is 20.3 Å². The molecule has 0 radical (unpaired) electrons. The highest BCUT2D eigenvalue weighted by Crippen LogP contribution is 2.38. The fourth-order valence-electron chi connectivity index (χ4n) is 4.69. The number of para-hydroxylation sites is 1. The minimum absolute atomic E-state index is 0.607. The molecule has 168 valence electrons. The number of methoxy groups -OCH3 is 1. The van der Waals surface area contributed by atoms with Crippen molar-refractivity contribution in [2.24, 2.45) is 5.92 Å². The summed E-state index contributed by atoms with van der Waals surface area (Å²) in [6, 6.07) is 9.97. The van der Waals surface area contributed by atoms with Crippen molar-refractivity contribution in [3.63, 3.8) is 0 Å². The third kappa shape index (κ3) is 5.92. The molecule has 2 N–H and O–H groups in total. The maximum atomic E-state index is 9.10. The predicted molar refractivity (Wildman–Crippen MR) is 117 cm³/mol. The molecule has 3 atom stereocenters. The predicted octanol–water partition coefficient (Wildman–Crippen LogP) is 3.03. The van der Waals surface area contributed by atoms with Gasteiger partial charge in [-0.2, -0.15) is 5.10 Å². The number of rotatable bonds is 6. The Labute approximate surface area is 182 Å². The molecule has 0 spiro atoms. The third-order valence-electron chi connectivity index (χ3n) is 6.05. The van der Waals surface area contributed by atoms with Crippen LogP contribution < -0.4 is 0 Å². The molecule has 2 aliphatic rings. The Hall–Kier alpha value is -2.71. The van der Waals surface area contributed by atoms with Gasteiger partial charge in [0.2, 0.25) is 0 Å². The molecule has 8 nitrogen and oxygen atoms in total. The first kappa shape index (κ1) is 23.0. The van der Waals surface area contributed by atoms with Gasteiger partial charge in [-0.3, -0.25) is 9.58 Å². The van der Waals surface area contributed by atoms with Gasteiger partial charge in [0.25, 0.3) is 0 Å². The third-order valence-corrected chi connectivity index (χ3v) is 6.05. The Kier molecular flexibility index (Phi) is 7.81. The fourth-order valence-corrected chi connectivity index (χ4v) is 4.69. The van der Waals surface area contributed by atoms with Crippen molar-refractivity contribution >= 4 is 22.8 Å². The highest BCUT2D eigenvalue weighted by Gasteiger charge is 2.38. The van der Waals surface area contributed by atoms with Crippen LogP contribution >= 0.6 is 0 Å². The van der Waals surface area contributed by atoms with Crippen molar-refractivity contribution in [3.8, 4) is 0 Å². The largest absolute Gasteiger partial charge is 0.473 e. The lowest BCUT2D eigenvalue weighted by atomic mass is 9.95. The molecule has 2 fully saturated rings. The van der Waals surface area contributed by atoms with Crippen molar-refractivity contribution in [1.29, 1.82) is 0 Å². The van der Waals surface area contributed by atoms with E-state index in [-0.39, 0.29) is 0 Å². The van der Waals surface area contributed by atoms with Gasteiger partial charge in [-0.15, -0.1) is 0 Å². The van der Waals surface area contributed by atoms with Gasteiger partial charge in [0, 0.05) is 37.7 Å². The van der Waals surface area contributed by atoms with Crippen LogP contribution in [0.3, 0.4) is 0 Å². The average molecular weight is 430 g/mol. The first-order valence-electron chi connectivity index (χ1n) is 10.7. The summed E-state index contributed by atoms with van der Waals surface area (Å²) in [7, 11) is 1.78. The topological polar surface area (TPSA) is 105 Å². The van der Waals surface area contributed by atoms with Crippen LogP contribution in [-0.2, 0) is 20.9 Å². The second kappa shape index (κ2) is 10.5. The minimum Gasteiger partial charge on any atom is -0.473 e. The van der Waals surface area contributed by atoms with Crippen LogP contribution in [0.2, 0.25) is 0 Å². The van der Waals surface area contributed by atoms with Gasteiger partial charge < -0.3 is 14.9 Å². The van der Waals surface area contributed by atoms with Gasteiger partial charge in [0.1, 0.15) is 0 Å². The van der Waals surface area contributed by atoms with E-state index in [2.05, 4.69) is 51.9 Å². The number of aromatic nitrogens is 2. The first-order valence-corrected chi connectivity index (χ1v) is 10.7. The number of carboxylic acids is 2. The lowest BCUT2D eigenvalue weighted by molar-refractivity contribution is -0.159. The fraction of sp³-hybridized carbons (Fsp3) is 0.522. The number of benzene rings is 1. The number of carboxylic acid groups (broad SMARTS) is 2. The highest BCUT2D eigenvalue weighted by atomic mass is 16.5. The van der Waals surface area contributed by atoms with Crippen LogP contribution in [0.4, 0.5) is 0 Å². The molecule has 3 heterocycles. The Morgan fingerprint density at radius 2 is 1.81 bits per heavy atom. The lowest BCUT2D eigenvalue weighted by Crippen LogP contribution is -2.43. The van der Waals surface area contributed by atoms with Crippen LogP contribution in [-0.4, -0.2) is 69.2 Å². The Morgan fingerprint density at radius 1 is 1.16 bits per heavy atom. The van der Waals surface area contributed by atoms with Crippen LogP contribution in [0.25, 0.3) is 10.9 Å². The smallest absolute Gasteiger partial charge is 0.414 e. The number of hydrogen-bond donors (Lipinski definition) is 2. The molecular formula is C23H31N3O5. The SMILES string of the molecule is COCC=C1C[C@H]2CC[C@@H](C1)N2CC(C)Cn1ncc2ccccc21.O=C(O)C(=O)O. The van der Waals surface area contributed by atoms with Gasteiger partial charge in [0.15, 0.2) is 0 Å². The monoisotopic (exact) mass is 429 g/mol. The average Bonchev–Trinajstić information content (AvgIpc) is 3.23. The molecule has 2 bridgehead atoms. The summed E-state index contributed by atoms with van der Waals surface area (Å²) in [5.74, 6) is -3.04. The number of nitrogens with zero attached hydrogens (tertiary/aromatic N) is 3. The highest BCUT2D eigenvalue weighted by molar-refractivity contribution is 6.27. The Bertz CT molecular complexity index is 910. The van der Waals surface area contributed by atoms with Crippen LogP contribution in [0.1, 0.15) is 32.6 Å². The van der Waals surface area contributed by atoms with E-state index in [0.717, 1.165) is 25.2 Å². The van der Waals surface area contributed by atoms with E-state index in [4.69, 9.17) is 24.5 Å². The summed E-state index contributed by atoms with van der Waals surface area (Å²) in [5, 5.41) is 20.6. The first-order chi connectivity index (χ1) is 14.9. The molecule has 1 unspecified atom stereocenters. The molecule has 0 saturated carbocycles. The standard InChI is InChI=1S/C21H29N3O.C2H2O4/c1-16(15-24-21-6-4-3-5-18(21)13-22-24)14-23-19-7-8-20(23)12-17(11-19)9-10-25-2;3-1(4)2(5)6/h3-6,9,13,16,19-20H,7-8,10-12,14-15H2,1-2H3;(H,3,4)(H,5,6)/t16?,19-,20+;. The number of piperidine rings is 1. The molecular weight excluding hydrogens is 398 g/mol. The van der Waals surface area contributed by atoms with Crippen LogP contribution in [0, 0.1) is 5.92 Å². The Balaban J connectivity index is 0.000000401. The van der Waals surface area contributed by atoms with Gasteiger partial charge in [-0.25, -0.2) is 9.59 Å². The van der Waals surface area contributed by atoms with Crippen LogP contribution in [0.15, 0.2) is 42.1 Å². The summed E-state index contributed by atoms with van der Waals surface area (Å²) in [4.78, 5) is 21.0. The normalized spacial score (nSPS) is 22.8. The molecule has 31 heavy (non-hydrogen) atoms. The van der Waals surface area contributed by atoms with Crippen molar-refractivity contribution < 1.29 is 24.5 Å². The van der Waals surface area contributed by atoms with Gasteiger partial charge in [0.05, 0.1) is 18.3 Å². The molecule has 2 saturated heterocycles. The maximum absolute atomic E-state index is 9.10. The summed E-state index contributed by atoms with van der Waals surface area (Å²) in [5.41, 5.74) is 2.86. The lowest BCUT2D eigenvalue weighted by Gasteiger charge is -2.37. The summed E-state index contributed by atoms with van der Waals surface area (Å²) in [6.07, 6.45) is 9.47. The van der Waals surface area contributed by atoms with E-state index in [9.17, 15) is 0 Å². The van der Waals surface area contributed by atoms with Gasteiger partial charge in [-0.1, -0.05) is 36.8 Å². The van der Waals surface area contributed by atoms with Gasteiger partial charge >= 0.3 is 11.9 Å². The van der Waals surface area contributed by atoms with Crippen LogP contribution in [0.5, 0.6) is 0 Å². The second-order valence-electron chi connectivity index (χ2n) is 8.41. The zero-order chi connectivity index (χ0) is 22.4. The molecule has 1 aromatic carbocycles. The quantitative estimate of drug-likeness (QED) is 0.537.